The highest BCUT2D eigenvalue weighted by Gasteiger charge is 2.32. The van der Waals surface area contributed by atoms with Gasteiger partial charge >= 0.3 is 5.97 Å². The number of aliphatic carboxylic acids is 1. The van der Waals surface area contributed by atoms with E-state index in [9.17, 15) is 9.90 Å². The Morgan fingerprint density at radius 2 is 1.89 bits per heavy atom. The minimum Gasteiger partial charge on any atom is -0.490 e. The Hall–Kier alpha value is -1.89. The molecule has 144 valence electrons. The fourth-order valence-electron chi connectivity index (χ4n) is 2.98. The number of carboxylic acid groups (broad SMARTS) is 1. The number of hydrogen-bond acceptors (Lipinski definition) is 5. The molecule has 0 aromatic heterocycles. The minimum absolute atomic E-state index is 0.167. The lowest BCUT2D eigenvalue weighted by molar-refractivity contribution is -0.138. The molecule has 1 heterocycles. The zero-order valence-corrected chi connectivity index (χ0v) is 16.8. The van der Waals surface area contributed by atoms with Gasteiger partial charge in [0.25, 0.3) is 0 Å². The fourth-order valence-corrected chi connectivity index (χ4v) is 4.41. The number of hydrogen-bond donors (Lipinski definition) is 2. The lowest BCUT2D eigenvalue weighted by Crippen LogP contribution is -2.33. The van der Waals surface area contributed by atoms with E-state index in [2.05, 4.69) is 11.4 Å². The summed E-state index contributed by atoms with van der Waals surface area (Å²) in [5, 5.41) is 12.7. The van der Waals surface area contributed by atoms with Crippen molar-refractivity contribution >= 4 is 29.3 Å². The number of thioether (sulfide) groups is 1. The van der Waals surface area contributed by atoms with Gasteiger partial charge in [0.05, 0.1) is 5.37 Å². The number of halogens is 1. The summed E-state index contributed by atoms with van der Waals surface area (Å²) >= 11 is 7.66. The molecule has 2 N–H and O–H groups in total. The van der Waals surface area contributed by atoms with Crippen molar-refractivity contribution < 1.29 is 19.4 Å². The van der Waals surface area contributed by atoms with Crippen molar-refractivity contribution in [3.8, 4) is 11.5 Å². The summed E-state index contributed by atoms with van der Waals surface area (Å²) in [7, 11) is 0. The molecule has 0 radical (unpaired) electrons. The lowest BCUT2D eigenvalue weighted by Gasteiger charge is -2.17. The Morgan fingerprint density at radius 3 is 2.56 bits per heavy atom. The van der Waals surface area contributed by atoms with Gasteiger partial charge < -0.3 is 14.6 Å². The zero-order valence-electron chi connectivity index (χ0n) is 15.2. The lowest BCUT2D eigenvalue weighted by atomic mass is 10.1. The van der Waals surface area contributed by atoms with Gasteiger partial charge in [-0.25, -0.2) is 0 Å². The highest BCUT2D eigenvalue weighted by Crippen LogP contribution is 2.39. The molecule has 0 bridgehead atoms. The van der Waals surface area contributed by atoms with Crippen LogP contribution in [-0.2, 0) is 4.79 Å². The van der Waals surface area contributed by atoms with Crippen LogP contribution >= 0.6 is 23.4 Å². The van der Waals surface area contributed by atoms with E-state index in [1.54, 1.807) is 6.07 Å². The van der Waals surface area contributed by atoms with Crippen molar-refractivity contribution in [2.45, 2.75) is 25.3 Å². The van der Waals surface area contributed by atoms with Gasteiger partial charge in [0.1, 0.15) is 30.8 Å². The number of rotatable bonds is 7. The molecule has 2 unspecified atom stereocenters. The third-order valence-corrected chi connectivity index (χ3v) is 5.62. The van der Waals surface area contributed by atoms with Gasteiger partial charge in [0.2, 0.25) is 0 Å². The van der Waals surface area contributed by atoms with Gasteiger partial charge in [0.15, 0.2) is 0 Å². The van der Waals surface area contributed by atoms with E-state index in [-0.39, 0.29) is 5.37 Å². The first-order valence-electron chi connectivity index (χ1n) is 8.66. The number of carbonyl (C=O) groups is 1. The van der Waals surface area contributed by atoms with E-state index in [0.717, 1.165) is 22.4 Å². The number of carboxylic acids is 1. The van der Waals surface area contributed by atoms with E-state index >= 15 is 0 Å². The van der Waals surface area contributed by atoms with Gasteiger partial charge in [-0.3, -0.25) is 10.1 Å². The highest BCUT2D eigenvalue weighted by molar-refractivity contribution is 7.99. The van der Waals surface area contributed by atoms with Gasteiger partial charge in [-0.05, 0) is 55.3 Å². The molecule has 7 heteroatoms. The third-order valence-electron chi connectivity index (χ3n) is 4.14. The van der Waals surface area contributed by atoms with Crippen LogP contribution in [0.15, 0.2) is 36.4 Å². The van der Waals surface area contributed by atoms with Crippen LogP contribution in [0, 0.1) is 13.8 Å². The zero-order chi connectivity index (χ0) is 19.4. The summed E-state index contributed by atoms with van der Waals surface area (Å²) in [5.41, 5.74) is 3.16. The normalized spacial score (nSPS) is 19.1. The van der Waals surface area contributed by atoms with E-state index < -0.39 is 12.0 Å². The summed E-state index contributed by atoms with van der Waals surface area (Å²) < 4.78 is 11.7. The topological polar surface area (TPSA) is 67.8 Å². The quantitative estimate of drug-likeness (QED) is 0.670. The van der Waals surface area contributed by atoms with Crippen molar-refractivity contribution in [3.05, 3.63) is 58.1 Å². The van der Waals surface area contributed by atoms with Crippen LogP contribution in [0.1, 0.15) is 22.1 Å². The van der Waals surface area contributed by atoms with Crippen molar-refractivity contribution in [2.75, 3.05) is 19.0 Å². The second kappa shape index (κ2) is 8.87. The van der Waals surface area contributed by atoms with Crippen LogP contribution < -0.4 is 14.8 Å². The van der Waals surface area contributed by atoms with Crippen LogP contribution in [0.3, 0.4) is 0 Å². The first-order valence-corrected chi connectivity index (χ1v) is 10.1. The van der Waals surface area contributed by atoms with Crippen molar-refractivity contribution in [1.82, 2.24) is 5.32 Å². The molecule has 2 aromatic carbocycles. The van der Waals surface area contributed by atoms with Crippen molar-refractivity contribution in [1.29, 1.82) is 0 Å². The molecule has 3 rings (SSSR count). The van der Waals surface area contributed by atoms with Gasteiger partial charge in [-0.15, -0.1) is 11.8 Å². The summed E-state index contributed by atoms with van der Waals surface area (Å²) in [6.07, 6.45) is 0. The minimum atomic E-state index is -0.851. The van der Waals surface area contributed by atoms with Gasteiger partial charge in [-0.1, -0.05) is 17.7 Å². The molecule has 5 nitrogen and oxygen atoms in total. The van der Waals surface area contributed by atoms with Crippen LogP contribution in [-0.4, -0.2) is 36.1 Å². The number of ether oxygens (including phenoxy) is 2. The average molecular weight is 408 g/mol. The largest absolute Gasteiger partial charge is 0.490 e. The molecule has 0 amide bonds. The standard InChI is InChI=1S/C20H22ClNO4S/c1-12-7-13(2)9-15(8-12)25-5-6-26-18-4-3-14(21)10-16(18)19-22-17(11-27-19)20(23)24/h3-4,7-10,17,19,22H,5-6,11H2,1-2H3,(H,23,24). The predicted molar refractivity (Wildman–Crippen MR) is 108 cm³/mol. The maximum atomic E-state index is 11.2. The molecule has 1 aliphatic heterocycles. The van der Waals surface area contributed by atoms with E-state index in [1.165, 1.54) is 11.8 Å². The van der Waals surface area contributed by atoms with Crippen molar-refractivity contribution in [2.24, 2.45) is 0 Å². The SMILES string of the molecule is Cc1cc(C)cc(OCCOc2ccc(Cl)cc2C2NC(C(=O)O)CS2)c1. The number of aryl methyl sites for hydroxylation is 2. The fraction of sp³-hybridized carbons (Fsp3) is 0.350. The van der Waals surface area contributed by atoms with Crippen LogP contribution in [0.25, 0.3) is 0 Å². The van der Waals surface area contributed by atoms with Crippen molar-refractivity contribution in [3.63, 3.8) is 0 Å². The Kier molecular flexibility index (Phi) is 6.52. The molecule has 27 heavy (non-hydrogen) atoms. The molecule has 0 spiro atoms. The molecular weight excluding hydrogens is 386 g/mol. The molecule has 0 saturated carbocycles. The summed E-state index contributed by atoms with van der Waals surface area (Å²) in [5.74, 6) is 1.16. The predicted octanol–water partition coefficient (Wildman–Crippen LogP) is 4.20. The van der Waals surface area contributed by atoms with Crippen LogP contribution in [0.4, 0.5) is 0 Å². The van der Waals surface area contributed by atoms with E-state index in [1.807, 2.05) is 38.1 Å². The molecule has 0 aliphatic carbocycles. The summed E-state index contributed by atoms with van der Waals surface area (Å²) in [4.78, 5) is 11.2. The van der Waals surface area contributed by atoms with Gasteiger partial charge in [-0.2, -0.15) is 0 Å². The Labute approximate surface area is 168 Å². The third kappa shape index (κ3) is 5.31. The first kappa shape index (κ1) is 19.9. The molecule has 2 atom stereocenters. The molecule has 1 fully saturated rings. The Bertz CT molecular complexity index is 809. The monoisotopic (exact) mass is 407 g/mol. The van der Waals surface area contributed by atoms with Crippen LogP contribution in [0.2, 0.25) is 5.02 Å². The molecule has 2 aromatic rings. The molecular formula is C20H22ClNO4S. The second-order valence-electron chi connectivity index (χ2n) is 6.47. The Morgan fingerprint density at radius 1 is 1.19 bits per heavy atom. The van der Waals surface area contributed by atoms with Crippen LogP contribution in [0.5, 0.6) is 11.5 Å². The maximum absolute atomic E-state index is 11.2. The number of benzene rings is 2. The van der Waals surface area contributed by atoms with E-state index in [4.69, 9.17) is 21.1 Å². The van der Waals surface area contributed by atoms with Gasteiger partial charge in [0, 0.05) is 16.3 Å². The smallest absolute Gasteiger partial charge is 0.321 e. The number of nitrogens with one attached hydrogen (secondary N) is 1. The highest BCUT2D eigenvalue weighted by atomic mass is 35.5. The summed E-state index contributed by atoms with van der Waals surface area (Å²) in [6, 6.07) is 10.9. The molecule has 1 aliphatic rings. The average Bonchev–Trinajstić information content (AvgIpc) is 3.09. The Balaban J connectivity index is 1.61. The molecule has 1 saturated heterocycles. The van der Waals surface area contributed by atoms with E-state index in [0.29, 0.717) is 29.7 Å². The maximum Gasteiger partial charge on any atom is 0.321 e. The second-order valence-corrected chi connectivity index (χ2v) is 8.05. The first-order chi connectivity index (χ1) is 12.9. The summed E-state index contributed by atoms with van der Waals surface area (Å²) in [6.45, 7) is 4.86.